The number of methoxy groups -OCH3 is 1. The lowest BCUT2D eigenvalue weighted by Crippen LogP contribution is -2.23. The Labute approximate surface area is 185 Å². The van der Waals surface area contributed by atoms with Gasteiger partial charge >= 0.3 is 5.97 Å². The van der Waals surface area contributed by atoms with Crippen molar-refractivity contribution >= 4 is 14.6 Å². The molecule has 0 aromatic rings. The van der Waals surface area contributed by atoms with Gasteiger partial charge in [0.1, 0.15) is 0 Å². The molecule has 0 spiro atoms. The fourth-order valence-corrected chi connectivity index (χ4v) is 6.55. The number of fused-ring (bicyclic) bond motifs is 1. The van der Waals surface area contributed by atoms with E-state index in [1.807, 2.05) is 6.08 Å². The Morgan fingerprint density at radius 3 is 2.87 bits per heavy atom. The van der Waals surface area contributed by atoms with Crippen molar-refractivity contribution in [1.82, 2.24) is 0 Å². The molecule has 0 heterocycles. The molecule has 0 aliphatic heterocycles. The standard InChI is InChI=1S/C25H43O4P/c1-4-14-30-17-19(5-2)23(26)13-12-22-21-11-10-18(15-20(21)16-24(22)27)8-6-7-9-25(28)29-3/h12-13,15,19-24,26-27,30H,4-11,14,16-17H2,1-3H3/b13-12+/t19-,20-,21-,22+,23+,24+/m0/s1. The summed E-state index contributed by atoms with van der Waals surface area (Å²) in [6.07, 6.45) is 16.9. The minimum atomic E-state index is -0.393. The Hall–Kier alpha value is -0.700. The van der Waals surface area contributed by atoms with Gasteiger partial charge in [-0.3, -0.25) is 4.79 Å². The minimum absolute atomic E-state index is 0.125. The summed E-state index contributed by atoms with van der Waals surface area (Å²) in [5.41, 5.74) is 1.49. The van der Waals surface area contributed by atoms with Gasteiger partial charge in [-0.1, -0.05) is 50.5 Å². The zero-order chi connectivity index (χ0) is 21.9. The molecular weight excluding hydrogens is 395 g/mol. The summed E-state index contributed by atoms with van der Waals surface area (Å²) >= 11 is 0. The van der Waals surface area contributed by atoms with Crippen LogP contribution in [0.25, 0.3) is 0 Å². The maximum absolute atomic E-state index is 11.2. The summed E-state index contributed by atoms with van der Waals surface area (Å²) in [5, 5.41) is 21.3. The van der Waals surface area contributed by atoms with E-state index in [9.17, 15) is 15.0 Å². The van der Waals surface area contributed by atoms with Crippen LogP contribution in [0.1, 0.15) is 71.6 Å². The molecule has 1 unspecified atom stereocenters. The van der Waals surface area contributed by atoms with Gasteiger partial charge in [-0.05, 0) is 68.6 Å². The number of rotatable bonds is 13. The van der Waals surface area contributed by atoms with Crippen molar-refractivity contribution in [3.63, 3.8) is 0 Å². The van der Waals surface area contributed by atoms with Gasteiger partial charge < -0.3 is 14.9 Å². The van der Waals surface area contributed by atoms with Crippen molar-refractivity contribution in [2.24, 2.45) is 23.7 Å². The molecule has 2 rings (SSSR count). The van der Waals surface area contributed by atoms with E-state index in [4.69, 9.17) is 4.74 Å². The summed E-state index contributed by atoms with van der Waals surface area (Å²) in [5.74, 6) is 1.31. The molecule has 0 bridgehead atoms. The number of unbranched alkanes of at least 4 members (excludes halogenated alkanes) is 1. The van der Waals surface area contributed by atoms with Gasteiger partial charge in [-0.15, -0.1) is 8.58 Å². The summed E-state index contributed by atoms with van der Waals surface area (Å²) in [7, 11) is 2.38. The number of hydrogen-bond acceptors (Lipinski definition) is 4. The normalized spacial score (nSPS) is 28.6. The van der Waals surface area contributed by atoms with Crippen molar-refractivity contribution < 1.29 is 19.7 Å². The zero-order valence-electron chi connectivity index (χ0n) is 19.2. The summed E-state index contributed by atoms with van der Waals surface area (Å²) in [6, 6.07) is 0. The van der Waals surface area contributed by atoms with Crippen LogP contribution >= 0.6 is 8.58 Å². The van der Waals surface area contributed by atoms with E-state index < -0.39 is 6.10 Å². The summed E-state index contributed by atoms with van der Waals surface area (Å²) in [6.45, 7) is 4.38. The molecule has 7 atom stereocenters. The molecule has 0 radical (unpaired) electrons. The van der Waals surface area contributed by atoms with Gasteiger partial charge in [0.15, 0.2) is 0 Å². The highest BCUT2D eigenvalue weighted by Crippen LogP contribution is 2.46. The smallest absolute Gasteiger partial charge is 0.305 e. The second kappa shape index (κ2) is 13.7. The predicted molar refractivity (Wildman–Crippen MR) is 126 cm³/mol. The molecule has 1 fully saturated rings. The molecule has 1 saturated carbocycles. The first kappa shape index (κ1) is 25.6. The Balaban J connectivity index is 1.85. The molecule has 4 nitrogen and oxygen atoms in total. The van der Waals surface area contributed by atoms with Gasteiger partial charge in [0.05, 0.1) is 19.3 Å². The van der Waals surface area contributed by atoms with E-state index in [-0.39, 0.29) is 18.0 Å². The average molecular weight is 439 g/mol. The number of ether oxygens (including phenoxy) is 1. The largest absolute Gasteiger partial charge is 0.469 e. The van der Waals surface area contributed by atoms with Crippen LogP contribution in [0.2, 0.25) is 0 Å². The second-order valence-corrected chi connectivity index (χ2v) is 10.5. The van der Waals surface area contributed by atoms with Crippen LogP contribution in [0.4, 0.5) is 0 Å². The molecular formula is C25H43O4P. The first-order valence-corrected chi connectivity index (χ1v) is 13.4. The average Bonchev–Trinajstić information content (AvgIpc) is 3.06. The molecule has 2 N–H and O–H groups in total. The number of aliphatic hydroxyl groups excluding tert-OH is 2. The van der Waals surface area contributed by atoms with Gasteiger partial charge in [0.2, 0.25) is 0 Å². The maximum atomic E-state index is 11.2. The van der Waals surface area contributed by atoms with Crippen LogP contribution in [-0.4, -0.2) is 47.8 Å². The topological polar surface area (TPSA) is 66.8 Å². The van der Waals surface area contributed by atoms with Gasteiger partial charge in [0.25, 0.3) is 0 Å². The van der Waals surface area contributed by atoms with Crippen LogP contribution in [0.15, 0.2) is 23.8 Å². The van der Waals surface area contributed by atoms with E-state index >= 15 is 0 Å². The second-order valence-electron chi connectivity index (χ2n) is 9.10. The van der Waals surface area contributed by atoms with Crippen LogP contribution in [-0.2, 0) is 9.53 Å². The third-order valence-corrected chi connectivity index (χ3v) is 8.65. The van der Waals surface area contributed by atoms with Gasteiger partial charge in [0, 0.05) is 12.3 Å². The molecule has 0 saturated heterocycles. The molecule has 0 aromatic heterocycles. The highest BCUT2D eigenvalue weighted by atomic mass is 31.1. The Bertz CT molecular complexity index is 573. The van der Waals surface area contributed by atoms with Gasteiger partial charge in [-0.2, -0.15) is 0 Å². The predicted octanol–water partition coefficient (Wildman–Crippen LogP) is 5.09. The molecule has 5 heteroatoms. The molecule has 2 aliphatic carbocycles. The van der Waals surface area contributed by atoms with E-state index in [1.165, 1.54) is 25.3 Å². The highest BCUT2D eigenvalue weighted by molar-refractivity contribution is 7.37. The van der Waals surface area contributed by atoms with Crippen LogP contribution < -0.4 is 0 Å². The molecule has 0 aromatic carbocycles. The molecule has 2 aliphatic rings. The quantitative estimate of drug-likeness (QED) is 0.182. The fraction of sp³-hybridized carbons (Fsp3) is 0.800. The maximum Gasteiger partial charge on any atom is 0.305 e. The van der Waals surface area contributed by atoms with Crippen LogP contribution in [0.5, 0.6) is 0 Å². The third kappa shape index (κ3) is 7.77. The van der Waals surface area contributed by atoms with Crippen molar-refractivity contribution in [2.75, 3.05) is 19.4 Å². The van der Waals surface area contributed by atoms with E-state index in [1.54, 1.807) is 0 Å². The van der Waals surface area contributed by atoms with Gasteiger partial charge in [-0.25, -0.2) is 0 Å². The number of carbonyl (C=O) groups is 1. The lowest BCUT2D eigenvalue weighted by Gasteiger charge is -2.28. The molecule has 0 amide bonds. The molecule has 30 heavy (non-hydrogen) atoms. The number of hydrogen-bond donors (Lipinski definition) is 2. The first-order chi connectivity index (χ1) is 14.5. The highest BCUT2D eigenvalue weighted by Gasteiger charge is 2.41. The van der Waals surface area contributed by atoms with Crippen molar-refractivity contribution in [3.8, 4) is 0 Å². The number of carbonyl (C=O) groups excluding carboxylic acids is 1. The fourth-order valence-electron chi connectivity index (χ4n) is 5.09. The Morgan fingerprint density at radius 2 is 2.17 bits per heavy atom. The number of aliphatic hydroxyl groups is 2. The first-order valence-electron chi connectivity index (χ1n) is 12.0. The summed E-state index contributed by atoms with van der Waals surface area (Å²) in [4.78, 5) is 11.2. The Morgan fingerprint density at radius 1 is 1.37 bits per heavy atom. The SMILES string of the molecule is CCCPC[C@H](CC)[C@H](O)/C=C/[C@@H]1[C@H]2CCC(CCCCC(=O)OC)=C[C@H]2C[C@H]1O. The number of esters is 1. The Kier molecular flexibility index (Phi) is 11.6. The van der Waals surface area contributed by atoms with E-state index in [2.05, 4.69) is 26.0 Å². The number of allylic oxidation sites excluding steroid dienone is 2. The van der Waals surface area contributed by atoms with Crippen LogP contribution in [0, 0.1) is 23.7 Å². The third-order valence-electron chi connectivity index (χ3n) is 6.98. The van der Waals surface area contributed by atoms with E-state index in [0.29, 0.717) is 24.2 Å². The van der Waals surface area contributed by atoms with Crippen LogP contribution in [0.3, 0.4) is 0 Å². The van der Waals surface area contributed by atoms with Crippen molar-refractivity contribution in [1.29, 1.82) is 0 Å². The van der Waals surface area contributed by atoms with E-state index in [0.717, 1.165) is 59.7 Å². The minimum Gasteiger partial charge on any atom is -0.469 e. The lowest BCUT2D eigenvalue weighted by molar-refractivity contribution is -0.140. The van der Waals surface area contributed by atoms with Crippen molar-refractivity contribution in [3.05, 3.63) is 23.8 Å². The zero-order valence-corrected chi connectivity index (χ0v) is 20.2. The summed E-state index contributed by atoms with van der Waals surface area (Å²) < 4.78 is 4.70. The monoisotopic (exact) mass is 438 g/mol. The molecule has 172 valence electrons. The van der Waals surface area contributed by atoms with Crippen molar-refractivity contribution in [2.45, 2.75) is 83.8 Å². The lowest BCUT2D eigenvalue weighted by atomic mass is 9.78.